The van der Waals surface area contributed by atoms with Crippen LogP contribution in [0.15, 0.2) is 15.9 Å². The summed E-state index contributed by atoms with van der Waals surface area (Å²) >= 11 is 4.58. The van der Waals surface area contributed by atoms with Gasteiger partial charge in [0.15, 0.2) is 6.10 Å². The summed E-state index contributed by atoms with van der Waals surface area (Å²) < 4.78 is 5.81. The lowest BCUT2D eigenvalue weighted by Crippen LogP contribution is -2.11. The van der Waals surface area contributed by atoms with Gasteiger partial charge in [-0.15, -0.1) is 17.8 Å². The molecule has 4 heteroatoms. The predicted molar refractivity (Wildman–Crippen MR) is 55.7 cm³/mol. The van der Waals surface area contributed by atoms with Crippen LogP contribution in [0.2, 0.25) is 0 Å². The standard InChI is InChI=1S/C9H7BrO2S/c1-3-6(2)12-9(11)7-4-5-8(10)13-7/h1,4-6H,2H3. The lowest BCUT2D eigenvalue weighted by Gasteiger charge is -2.04. The zero-order valence-electron chi connectivity index (χ0n) is 6.91. The van der Waals surface area contributed by atoms with Crippen molar-refractivity contribution in [1.82, 2.24) is 0 Å². The number of hydrogen-bond acceptors (Lipinski definition) is 3. The first-order chi connectivity index (χ1) is 6.13. The zero-order valence-corrected chi connectivity index (χ0v) is 9.31. The third-order valence-corrected chi connectivity index (χ3v) is 2.90. The van der Waals surface area contributed by atoms with Crippen molar-refractivity contribution in [2.24, 2.45) is 0 Å². The lowest BCUT2D eigenvalue weighted by molar-refractivity contribution is 0.0444. The molecule has 0 bridgehead atoms. The fourth-order valence-corrected chi connectivity index (χ4v) is 1.95. The molecule has 1 heterocycles. The highest BCUT2D eigenvalue weighted by Crippen LogP contribution is 2.22. The Morgan fingerprint density at radius 3 is 2.92 bits per heavy atom. The molecule has 0 aromatic carbocycles. The van der Waals surface area contributed by atoms with Gasteiger partial charge >= 0.3 is 5.97 Å². The van der Waals surface area contributed by atoms with Crippen LogP contribution < -0.4 is 0 Å². The molecule has 0 spiro atoms. The Balaban J connectivity index is 2.65. The summed E-state index contributed by atoms with van der Waals surface area (Å²) in [6, 6.07) is 3.49. The van der Waals surface area contributed by atoms with E-state index in [1.54, 1.807) is 19.1 Å². The average Bonchev–Trinajstić information content (AvgIpc) is 2.51. The maximum absolute atomic E-state index is 11.3. The van der Waals surface area contributed by atoms with E-state index >= 15 is 0 Å². The van der Waals surface area contributed by atoms with E-state index in [1.807, 2.05) is 0 Å². The summed E-state index contributed by atoms with van der Waals surface area (Å²) in [5.74, 6) is 1.95. The molecule has 0 fully saturated rings. The van der Waals surface area contributed by atoms with E-state index in [-0.39, 0.29) is 5.97 Å². The van der Waals surface area contributed by atoms with Gasteiger partial charge in [0, 0.05) is 0 Å². The zero-order chi connectivity index (χ0) is 9.84. The number of terminal acetylenes is 1. The second kappa shape index (κ2) is 4.45. The molecule has 1 aromatic rings. The van der Waals surface area contributed by atoms with Crippen molar-refractivity contribution < 1.29 is 9.53 Å². The van der Waals surface area contributed by atoms with Crippen LogP contribution in [0.5, 0.6) is 0 Å². The topological polar surface area (TPSA) is 26.3 Å². The van der Waals surface area contributed by atoms with Gasteiger partial charge in [0.05, 0.1) is 3.79 Å². The molecule has 0 aliphatic heterocycles. The van der Waals surface area contributed by atoms with Gasteiger partial charge in [-0.25, -0.2) is 4.79 Å². The Labute approximate surface area is 89.0 Å². The van der Waals surface area contributed by atoms with Gasteiger partial charge in [-0.3, -0.25) is 0 Å². The van der Waals surface area contributed by atoms with Crippen molar-refractivity contribution in [1.29, 1.82) is 0 Å². The van der Waals surface area contributed by atoms with Gasteiger partial charge in [0.1, 0.15) is 4.88 Å². The highest BCUT2D eigenvalue weighted by atomic mass is 79.9. The largest absolute Gasteiger partial charge is 0.445 e. The summed E-state index contributed by atoms with van der Waals surface area (Å²) in [6.07, 6.45) is 4.59. The quantitative estimate of drug-likeness (QED) is 0.603. The van der Waals surface area contributed by atoms with Crippen LogP contribution in [0.1, 0.15) is 16.6 Å². The molecule has 1 rings (SSSR count). The minimum Gasteiger partial charge on any atom is -0.445 e. The molecule has 1 aromatic heterocycles. The Bertz CT molecular complexity index is 351. The number of esters is 1. The number of halogens is 1. The molecule has 13 heavy (non-hydrogen) atoms. The Hall–Kier alpha value is -0.790. The molecule has 0 saturated carbocycles. The van der Waals surface area contributed by atoms with E-state index in [0.717, 1.165) is 3.79 Å². The summed E-state index contributed by atoms with van der Waals surface area (Å²) in [6.45, 7) is 1.65. The fraction of sp³-hybridized carbons (Fsp3) is 0.222. The second-order valence-corrected chi connectivity index (χ2v) is 4.78. The van der Waals surface area contributed by atoms with Crippen molar-refractivity contribution in [2.45, 2.75) is 13.0 Å². The average molecular weight is 259 g/mol. The first kappa shape index (κ1) is 10.3. The number of ether oxygens (including phenoxy) is 1. The molecule has 1 unspecified atom stereocenters. The van der Waals surface area contributed by atoms with Crippen molar-refractivity contribution in [3.05, 3.63) is 20.8 Å². The third kappa shape index (κ3) is 2.87. The first-order valence-corrected chi connectivity index (χ1v) is 5.17. The molecule has 1 atom stereocenters. The molecule has 2 nitrogen and oxygen atoms in total. The molecule has 68 valence electrons. The number of hydrogen-bond donors (Lipinski definition) is 0. The van der Waals surface area contributed by atoms with E-state index in [0.29, 0.717) is 4.88 Å². The van der Waals surface area contributed by atoms with E-state index in [2.05, 4.69) is 21.9 Å². The molecule has 0 radical (unpaired) electrons. The van der Waals surface area contributed by atoms with E-state index in [9.17, 15) is 4.79 Å². The summed E-state index contributed by atoms with van der Waals surface area (Å²) in [5.41, 5.74) is 0. The first-order valence-electron chi connectivity index (χ1n) is 3.56. The Morgan fingerprint density at radius 1 is 1.77 bits per heavy atom. The molecule has 0 N–H and O–H groups in total. The van der Waals surface area contributed by atoms with Crippen LogP contribution in [0.25, 0.3) is 0 Å². The summed E-state index contributed by atoms with van der Waals surface area (Å²) in [5, 5.41) is 0. The Kier molecular flexibility index (Phi) is 3.52. The van der Waals surface area contributed by atoms with Gasteiger partial charge in [0.2, 0.25) is 0 Å². The Morgan fingerprint density at radius 2 is 2.46 bits per heavy atom. The summed E-state index contributed by atoms with van der Waals surface area (Å²) in [4.78, 5) is 11.8. The fourth-order valence-electron chi connectivity index (χ4n) is 0.677. The summed E-state index contributed by atoms with van der Waals surface area (Å²) in [7, 11) is 0. The van der Waals surface area contributed by atoms with Crippen LogP contribution in [-0.2, 0) is 4.74 Å². The predicted octanol–water partition coefficient (Wildman–Crippen LogP) is 2.69. The van der Waals surface area contributed by atoms with Gasteiger partial charge < -0.3 is 4.74 Å². The van der Waals surface area contributed by atoms with Gasteiger partial charge in [-0.2, -0.15) is 0 Å². The maximum atomic E-state index is 11.3. The van der Waals surface area contributed by atoms with Gasteiger partial charge in [-0.1, -0.05) is 5.92 Å². The molecular weight excluding hydrogens is 252 g/mol. The van der Waals surface area contributed by atoms with Crippen molar-refractivity contribution in [3.8, 4) is 12.3 Å². The van der Waals surface area contributed by atoms with Crippen molar-refractivity contribution in [2.75, 3.05) is 0 Å². The van der Waals surface area contributed by atoms with Crippen LogP contribution in [0.4, 0.5) is 0 Å². The van der Waals surface area contributed by atoms with E-state index < -0.39 is 6.10 Å². The van der Waals surface area contributed by atoms with Crippen LogP contribution >= 0.6 is 27.3 Å². The maximum Gasteiger partial charge on any atom is 0.349 e. The van der Waals surface area contributed by atoms with Crippen LogP contribution in [0.3, 0.4) is 0 Å². The monoisotopic (exact) mass is 258 g/mol. The van der Waals surface area contributed by atoms with Crippen LogP contribution in [-0.4, -0.2) is 12.1 Å². The van der Waals surface area contributed by atoms with E-state index in [4.69, 9.17) is 11.2 Å². The number of thiophene rings is 1. The third-order valence-electron chi connectivity index (χ3n) is 1.29. The number of carbonyl (C=O) groups is 1. The van der Waals surface area contributed by atoms with Crippen molar-refractivity contribution in [3.63, 3.8) is 0 Å². The van der Waals surface area contributed by atoms with Gasteiger partial charge in [-0.05, 0) is 35.0 Å². The van der Waals surface area contributed by atoms with Crippen molar-refractivity contribution >= 4 is 33.2 Å². The lowest BCUT2D eigenvalue weighted by atomic mass is 10.4. The van der Waals surface area contributed by atoms with Gasteiger partial charge in [0.25, 0.3) is 0 Å². The smallest absolute Gasteiger partial charge is 0.349 e. The molecule has 0 aliphatic rings. The SMILES string of the molecule is C#CC(C)OC(=O)c1ccc(Br)s1. The minimum absolute atomic E-state index is 0.374. The highest BCUT2D eigenvalue weighted by molar-refractivity contribution is 9.11. The molecule has 0 aliphatic carbocycles. The number of rotatable bonds is 2. The number of carbonyl (C=O) groups excluding carboxylic acids is 1. The minimum atomic E-state index is -0.478. The van der Waals surface area contributed by atoms with Crippen LogP contribution in [0, 0.1) is 12.3 Å². The molecule has 0 amide bonds. The molecular formula is C9H7BrO2S. The second-order valence-electron chi connectivity index (χ2n) is 2.32. The van der Waals surface area contributed by atoms with E-state index in [1.165, 1.54) is 11.3 Å². The normalized spacial score (nSPS) is 11.8. The molecule has 0 saturated heterocycles. The highest BCUT2D eigenvalue weighted by Gasteiger charge is 2.11.